The molecule has 0 aliphatic carbocycles. The van der Waals surface area contributed by atoms with Crippen LogP contribution in [0.25, 0.3) is 0 Å². The first-order valence-electron chi connectivity index (χ1n) is 6.30. The van der Waals surface area contributed by atoms with E-state index in [-0.39, 0.29) is 18.4 Å². The predicted molar refractivity (Wildman–Crippen MR) is 80.4 cm³/mol. The number of halogens is 1. The largest absolute Gasteiger partial charge is 0.342 e. The predicted octanol–water partition coefficient (Wildman–Crippen LogP) is 1.75. The summed E-state index contributed by atoms with van der Waals surface area (Å²) >= 11 is 5.76. The molecule has 0 aliphatic rings. The van der Waals surface area contributed by atoms with Crippen LogP contribution in [0.4, 0.5) is 5.69 Å². The summed E-state index contributed by atoms with van der Waals surface area (Å²) in [6, 6.07) is 8.38. The zero-order valence-electron chi connectivity index (χ0n) is 11.7. The van der Waals surface area contributed by atoms with Crippen molar-refractivity contribution in [3.05, 3.63) is 46.7 Å². The van der Waals surface area contributed by atoms with E-state index in [2.05, 4.69) is 15.7 Å². The highest BCUT2D eigenvalue weighted by Crippen LogP contribution is 2.13. The molecule has 1 heterocycles. The van der Waals surface area contributed by atoms with Crippen molar-refractivity contribution >= 4 is 29.1 Å². The number of benzene rings is 1. The molecule has 1 aromatic heterocycles. The van der Waals surface area contributed by atoms with Crippen molar-refractivity contribution in [2.75, 3.05) is 11.9 Å². The lowest BCUT2D eigenvalue weighted by atomic mass is 10.3. The zero-order chi connectivity index (χ0) is 15.4. The average Bonchev–Trinajstić information content (AvgIpc) is 2.78. The Morgan fingerprint density at radius 3 is 2.52 bits per heavy atom. The van der Waals surface area contributed by atoms with Crippen LogP contribution in [0.1, 0.15) is 16.2 Å². The molecule has 0 radical (unpaired) electrons. The second-order valence-electron chi connectivity index (χ2n) is 4.53. The molecule has 0 saturated carbocycles. The lowest BCUT2D eigenvalue weighted by Gasteiger charge is -2.07. The highest BCUT2D eigenvalue weighted by Gasteiger charge is 2.12. The molecule has 0 bridgehead atoms. The van der Waals surface area contributed by atoms with Crippen molar-refractivity contribution in [2.24, 2.45) is 7.05 Å². The van der Waals surface area contributed by atoms with Crippen LogP contribution in [0, 0.1) is 6.92 Å². The Hall–Kier alpha value is -2.34. The highest BCUT2D eigenvalue weighted by molar-refractivity contribution is 6.30. The first-order chi connectivity index (χ1) is 9.95. The van der Waals surface area contributed by atoms with Gasteiger partial charge in [0.2, 0.25) is 5.91 Å². The molecule has 1 aromatic carbocycles. The summed E-state index contributed by atoms with van der Waals surface area (Å²) in [6.45, 7) is 1.68. The fourth-order valence-electron chi connectivity index (χ4n) is 1.81. The fraction of sp³-hybridized carbons (Fsp3) is 0.214. The second kappa shape index (κ2) is 6.41. The van der Waals surface area contributed by atoms with E-state index in [0.29, 0.717) is 16.4 Å². The van der Waals surface area contributed by atoms with Crippen molar-refractivity contribution < 1.29 is 9.59 Å². The maximum absolute atomic E-state index is 11.9. The molecule has 2 N–H and O–H groups in total. The van der Waals surface area contributed by atoms with Gasteiger partial charge in [0.1, 0.15) is 5.69 Å². The maximum Gasteiger partial charge on any atom is 0.269 e. The highest BCUT2D eigenvalue weighted by atomic mass is 35.5. The molecule has 2 rings (SSSR count). The van der Waals surface area contributed by atoms with Gasteiger partial charge in [0.15, 0.2) is 0 Å². The average molecular weight is 307 g/mol. The molecule has 0 atom stereocenters. The molecule has 7 heteroatoms. The van der Waals surface area contributed by atoms with Gasteiger partial charge in [-0.3, -0.25) is 14.3 Å². The Morgan fingerprint density at radius 1 is 1.29 bits per heavy atom. The molecule has 21 heavy (non-hydrogen) atoms. The number of aryl methyl sites for hydroxylation is 2. The number of carbonyl (C=O) groups is 2. The van der Waals surface area contributed by atoms with Crippen LogP contribution < -0.4 is 10.6 Å². The molecule has 110 valence electrons. The summed E-state index contributed by atoms with van der Waals surface area (Å²) < 4.78 is 1.47. The van der Waals surface area contributed by atoms with Crippen LogP contribution in [0.2, 0.25) is 5.02 Å². The van der Waals surface area contributed by atoms with Gasteiger partial charge >= 0.3 is 0 Å². The first-order valence-corrected chi connectivity index (χ1v) is 6.68. The van der Waals surface area contributed by atoms with Gasteiger partial charge in [0, 0.05) is 17.8 Å². The van der Waals surface area contributed by atoms with E-state index < -0.39 is 0 Å². The second-order valence-corrected chi connectivity index (χ2v) is 4.97. The van der Waals surface area contributed by atoms with E-state index in [4.69, 9.17) is 11.6 Å². The van der Waals surface area contributed by atoms with Gasteiger partial charge in [-0.25, -0.2) is 0 Å². The molecule has 0 spiro atoms. The molecule has 2 aromatic rings. The van der Waals surface area contributed by atoms with Crippen LogP contribution in [-0.4, -0.2) is 28.1 Å². The Morgan fingerprint density at radius 2 is 1.95 bits per heavy atom. The van der Waals surface area contributed by atoms with Gasteiger partial charge in [-0.15, -0.1) is 0 Å². The zero-order valence-corrected chi connectivity index (χ0v) is 12.4. The third-order valence-corrected chi connectivity index (χ3v) is 3.02. The summed E-state index contributed by atoms with van der Waals surface area (Å²) in [6.07, 6.45) is 0. The fourth-order valence-corrected chi connectivity index (χ4v) is 1.94. The lowest BCUT2D eigenvalue weighted by molar-refractivity contribution is -0.115. The minimum atomic E-state index is -0.343. The normalized spacial score (nSPS) is 10.2. The first kappa shape index (κ1) is 15.1. The monoisotopic (exact) mass is 306 g/mol. The smallest absolute Gasteiger partial charge is 0.269 e. The van der Waals surface area contributed by atoms with Gasteiger partial charge in [0.05, 0.1) is 12.2 Å². The van der Waals surface area contributed by atoms with Gasteiger partial charge < -0.3 is 10.6 Å². The standard InChI is InChI=1S/C14H15ClN4O2/c1-9-7-12(19(2)18-9)14(21)16-8-13(20)17-11-5-3-10(15)4-6-11/h3-7H,8H2,1-2H3,(H,16,21)(H,17,20). The minimum Gasteiger partial charge on any atom is -0.342 e. The third kappa shape index (κ3) is 4.06. The van der Waals surface area contributed by atoms with E-state index in [0.717, 1.165) is 5.69 Å². The van der Waals surface area contributed by atoms with E-state index in [9.17, 15) is 9.59 Å². The molecule has 6 nitrogen and oxygen atoms in total. The molecule has 0 unspecified atom stereocenters. The van der Waals surface area contributed by atoms with Crippen LogP contribution in [0.5, 0.6) is 0 Å². The van der Waals surface area contributed by atoms with Crippen LogP contribution in [0.15, 0.2) is 30.3 Å². The van der Waals surface area contributed by atoms with Crippen molar-refractivity contribution in [3.8, 4) is 0 Å². The quantitative estimate of drug-likeness (QED) is 0.903. The number of rotatable bonds is 4. The number of nitrogens with zero attached hydrogens (tertiary/aromatic N) is 2. The van der Waals surface area contributed by atoms with E-state index in [1.807, 2.05) is 0 Å². The number of hydrogen-bond donors (Lipinski definition) is 2. The molecule has 0 fully saturated rings. The Labute approximate surface area is 127 Å². The Bertz CT molecular complexity index is 664. The molecule has 0 aliphatic heterocycles. The number of amides is 2. The van der Waals surface area contributed by atoms with Crippen molar-refractivity contribution in [2.45, 2.75) is 6.92 Å². The summed E-state index contributed by atoms with van der Waals surface area (Å²) in [4.78, 5) is 23.7. The molecule has 2 amide bonds. The van der Waals surface area contributed by atoms with Crippen molar-refractivity contribution in [1.82, 2.24) is 15.1 Å². The van der Waals surface area contributed by atoms with E-state index in [1.165, 1.54) is 4.68 Å². The Balaban J connectivity index is 1.88. The summed E-state index contributed by atoms with van der Waals surface area (Å²) in [5.41, 5.74) is 1.77. The van der Waals surface area contributed by atoms with E-state index >= 15 is 0 Å². The van der Waals surface area contributed by atoms with Gasteiger partial charge in [-0.1, -0.05) is 11.6 Å². The Kier molecular flexibility index (Phi) is 4.59. The third-order valence-electron chi connectivity index (χ3n) is 2.77. The van der Waals surface area contributed by atoms with Crippen LogP contribution >= 0.6 is 11.6 Å². The van der Waals surface area contributed by atoms with E-state index in [1.54, 1.807) is 44.3 Å². The molecular formula is C14H15ClN4O2. The number of aromatic nitrogens is 2. The number of anilines is 1. The van der Waals surface area contributed by atoms with Gasteiger partial charge in [-0.2, -0.15) is 5.10 Å². The minimum absolute atomic E-state index is 0.119. The maximum atomic E-state index is 11.9. The summed E-state index contributed by atoms with van der Waals surface area (Å²) in [5, 5.41) is 9.88. The van der Waals surface area contributed by atoms with Gasteiger partial charge in [0.25, 0.3) is 5.91 Å². The van der Waals surface area contributed by atoms with Crippen LogP contribution in [-0.2, 0) is 11.8 Å². The lowest BCUT2D eigenvalue weighted by Crippen LogP contribution is -2.33. The topological polar surface area (TPSA) is 76.0 Å². The molecule has 0 saturated heterocycles. The number of nitrogens with one attached hydrogen (secondary N) is 2. The van der Waals surface area contributed by atoms with Crippen molar-refractivity contribution in [1.29, 1.82) is 0 Å². The summed E-state index contributed by atoms with van der Waals surface area (Å²) in [7, 11) is 1.68. The van der Waals surface area contributed by atoms with Crippen molar-refractivity contribution in [3.63, 3.8) is 0 Å². The van der Waals surface area contributed by atoms with Crippen LogP contribution in [0.3, 0.4) is 0 Å². The molecular weight excluding hydrogens is 292 g/mol. The van der Waals surface area contributed by atoms with Gasteiger partial charge in [-0.05, 0) is 37.3 Å². The summed E-state index contributed by atoms with van der Waals surface area (Å²) in [5.74, 6) is -0.658. The SMILES string of the molecule is Cc1cc(C(=O)NCC(=O)Nc2ccc(Cl)cc2)n(C)n1. The number of carbonyl (C=O) groups excluding carboxylic acids is 2. The number of hydrogen-bond acceptors (Lipinski definition) is 3.